The van der Waals surface area contributed by atoms with Gasteiger partial charge in [-0.1, -0.05) is 66.7 Å². The van der Waals surface area contributed by atoms with E-state index in [2.05, 4.69) is 50.2 Å². The van der Waals surface area contributed by atoms with Crippen LogP contribution in [0.25, 0.3) is 21.5 Å². The third kappa shape index (κ3) is 4.13. The topological polar surface area (TPSA) is 0 Å². The molecule has 0 radical (unpaired) electrons. The molecule has 4 aromatic carbocycles. The van der Waals surface area contributed by atoms with E-state index < -0.39 is 11.7 Å². The third-order valence-electron chi connectivity index (χ3n) is 4.87. The van der Waals surface area contributed by atoms with Crippen LogP contribution in [0.2, 0.25) is 0 Å². The van der Waals surface area contributed by atoms with Crippen LogP contribution in [0.15, 0.2) is 72.8 Å². The summed E-state index contributed by atoms with van der Waals surface area (Å²) in [6.07, 6.45) is -4.27. The van der Waals surface area contributed by atoms with E-state index in [4.69, 9.17) is 0 Å². The van der Waals surface area contributed by atoms with Crippen molar-refractivity contribution in [2.75, 3.05) is 0 Å². The predicted octanol–water partition coefficient (Wildman–Crippen LogP) is 7.62. The van der Waals surface area contributed by atoms with Gasteiger partial charge in [0.2, 0.25) is 0 Å². The van der Waals surface area contributed by atoms with E-state index in [1.807, 2.05) is 12.1 Å². The molecule has 138 valence electrons. The fraction of sp³-hybridized carbons (Fsp3) is 0.167. The number of aryl methyl sites for hydroxylation is 3. The van der Waals surface area contributed by atoms with Gasteiger partial charge in [0.05, 0.1) is 5.56 Å². The summed E-state index contributed by atoms with van der Waals surface area (Å²) in [6, 6.07) is 22.7. The lowest BCUT2D eigenvalue weighted by molar-refractivity contribution is -0.137. The van der Waals surface area contributed by atoms with Crippen LogP contribution in [0.5, 0.6) is 0 Å². The molecule has 0 atom stereocenters. The first-order valence-electron chi connectivity index (χ1n) is 8.79. The second-order valence-electron chi connectivity index (χ2n) is 6.74. The van der Waals surface area contributed by atoms with E-state index in [0.717, 1.165) is 5.39 Å². The number of rotatable bonds is 0. The molecule has 0 fully saturated rings. The van der Waals surface area contributed by atoms with Crippen LogP contribution in [0.1, 0.15) is 22.3 Å². The molecule has 0 aliphatic carbocycles. The first-order chi connectivity index (χ1) is 12.8. The van der Waals surface area contributed by atoms with Gasteiger partial charge in [-0.15, -0.1) is 0 Å². The molecule has 0 unspecified atom stereocenters. The smallest absolute Gasteiger partial charge is 0.166 e. The lowest BCUT2D eigenvalue weighted by Crippen LogP contribution is -2.07. The Bertz CT molecular complexity index is 1090. The number of hydrogen-bond acceptors (Lipinski definition) is 0. The van der Waals surface area contributed by atoms with Gasteiger partial charge in [0.1, 0.15) is 0 Å². The zero-order valence-electron chi connectivity index (χ0n) is 15.6. The van der Waals surface area contributed by atoms with E-state index in [1.54, 1.807) is 18.2 Å². The normalized spacial score (nSPS) is 11.3. The zero-order valence-corrected chi connectivity index (χ0v) is 15.6. The molecule has 4 aromatic rings. The average Bonchev–Trinajstić information content (AvgIpc) is 2.64. The number of hydrogen-bond donors (Lipinski definition) is 0. The predicted molar refractivity (Wildman–Crippen MR) is 107 cm³/mol. The van der Waals surface area contributed by atoms with Gasteiger partial charge in [-0.2, -0.15) is 13.2 Å². The van der Waals surface area contributed by atoms with Crippen molar-refractivity contribution in [2.24, 2.45) is 0 Å². The van der Waals surface area contributed by atoms with Gasteiger partial charge in [0.15, 0.2) is 0 Å². The van der Waals surface area contributed by atoms with Crippen LogP contribution < -0.4 is 0 Å². The first kappa shape index (κ1) is 19.0. The van der Waals surface area contributed by atoms with E-state index in [1.165, 1.54) is 34.9 Å². The number of benzene rings is 4. The van der Waals surface area contributed by atoms with E-state index >= 15 is 0 Å². The quantitative estimate of drug-likeness (QED) is 0.300. The number of alkyl halides is 3. The fourth-order valence-corrected chi connectivity index (χ4v) is 3.20. The van der Waals surface area contributed by atoms with Crippen LogP contribution in [0.3, 0.4) is 0 Å². The van der Waals surface area contributed by atoms with Gasteiger partial charge < -0.3 is 0 Å². The lowest BCUT2D eigenvalue weighted by Gasteiger charge is -2.11. The standard InChI is InChI=1S/C12H9F3.C12H12/c1-8-6-9-4-2-3-5-10(9)7-11(8)12(13,14)15;1-9-7-8-11-5-3-4-6-12(11)10(9)2/h2-7H,1H3;3-8H,1-2H3. The second-order valence-corrected chi connectivity index (χ2v) is 6.74. The summed E-state index contributed by atoms with van der Waals surface area (Å²) >= 11 is 0. The van der Waals surface area contributed by atoms with Crippen LogP contribution in [0.4, 0.5) is 13.2 Å². The largest absolute Gasteiger partial charge is 0.416 e. The summed E-state index contributed by atoms with van der Waals surface area (Å²) in [5.74, 6) is 0. The van der Waals surface area contributed by atoms with Crippen molar-refractivity contribution in [1.29, 1.82) is 0 Å². The average molecular weight is 366 g/mol. The lowest BCUT2D eigenvalue weighted by atomic mass is 10.0. The minimum absolute atomic E-state index is 0.265. The highest BCUT2D eigenvalue weighted by molar-refractivity contribution is 5.86. The highest BCUT2D eigenvalue weighted by Crippen LogP contribution is 2.34. The zero-order chi connectivity index (χ0) is 19.6. The maximum absolute atomic E-state index is 12.6. The molecule has 0 heterocycles. The molecule has 0 aromatic heterocycles. The molecule has 0 saturated carbocycles. The Morgan fingerprint density at radius 2 is 1.15 bits per heavy atom. The highest BCUT2D eigenvalue weighted by Gasteiger charge is 2.32. The summed E-state index contributed by atoms with van der Waals surface area (Å²) in [5, 5.41) is 4.16. The molecular formula is C24H21F3. The van der Waals surface area contributed by atoms with Crippen molar-refractivity contribution in [1.82, 2.24) is 0 Å². The summed E-state index contributed by atoms with van der Waals surface area (Å²) in [7, 11) is 0. The summed E-state index contributed by atoms with van der Waals surface area (Å²) in [5.41, 5.74) is 2.48. The summed E-state index contributed by atoms with van der Waals surface area (Å²) in [6.45, 7) is 5.81. The Morgan fingerprint density at radius 3 is 1.78 bits per heavy atom. The van der Waals surface area contributed by atoms with Crippen molar-refractivity contribution < 1.29 is 13.2 Å². The van der Waals surface area contributed by atoms with Gasteiger partial charge in [0, 0.05) is 0 Å². The maximum Gasteiger partial charge on any atom is 0.416 e. The van der Waals surface area contributed by atoms with Gasteiger partial charge in [0.25, 0.3) is 0 Å². The molecule has 4 rings (SSSR count). The Kier molecular flexibility index (Phi) is 5.22. The first-order valence-corrected chi connectivity index (χ1v) is 8.79. The molecule has 0 saturated heterocycles. The van der Waals surface area contributed by atoms with Crippen LogP contribution in [-0.4, -0.2) is 0 Å². The van der Waals surface area contributed by atoms with E-state index in [9.17, 15) is 13.2 Å². The Labute approximate surface area is 157 Å². The number of halogens is 3. The van der Waals surface area contributed by atoms with Crippen LogP contribution >= 0.6 is 0 Å². The Balaban J connectivity index is 0.000000159. The fourth-order valence-electron chi connectivity index (χ4n) is 3.20. The van der Waals surface area contributed by atoms with Gasteiger partial charge >= 0.3 is 6.18 Å². The molecule has 0 nitrogen and oxygen atoms in total. The molecule has 27 heavy (non-hydrogen) atoms. The molecule has 0 aliphatic heterocycles. The molecule has 3 heteroatoms. The van der Waals surface area contributed by atoms with Crippen molar-refractivity contribution in [2.45, 2.75) is 26.9 Å². The van der Waals surface area contributed by atoms with E-state index in [0.29, 0.717) is 5.39 Å². The highest BCUT2D eigenvalue weighted by atomic mass is 19.4. The molecule has 0 bridgehead atoms. The molecule has 0 amide bonds. The number of fused-ring (bicyclic) bond motifs is 2. The van der Waals surface area contributed by atoms with Crippen molar-refractivity contribution in [3.8, 4) is 0 Å². The van der Waals surface area contributed by atoms with Gasteiger partial charge in [-0.3, -0.25) is 0 Å². The van der Waals surface area contributed by atoms with Crippen molar-refractivity contribution in [3.05, 3.63) is 95.1 Å². The molecule has 0 N–H and O–H groups in total. The maximum atomic E-state index is 12.6. The van der Waals surface area contributed by atoms with Crippen molar-refractivity contribution in [3.63, 3.8) is 0 Å². The summed E-state index contributed by atoms with van der Waals surface area (Å²) in [4.78, 5) is 0. The Morgan fingerprint density at radius 1 is 0.593 bits per heavy atom. The SMILES string of the molecule is Cc1cc2ccccc2cc1C(F)(F)F.Cc1ccc2ccccc2c1C. The summed E-state index contributed by atoms with van der Waals surface area (Å²) < 4.78 is 37.7. The molecule has 0 spiro atoms. The van der Waals surface area contributed by atoms with E-state index in [-0.39, 0.29) is 5.56 Å². The van der Waals surface area contributed by atoms with Crippen LogP contribution in [-0.2, 0) is 6.18 Å². The third-order valence-corrected chi connectivity index (χ3v) is 4.87. The van der Waals surface area contributed by atoms with Gasteiger partial charge in [-0.25, -0.2) is 0 Å². The van der Waals surface area contributed by atoms with Crippen molar-refractivity contribution >= 4 is 21.5 Å². The minimum Gasteiger partial charge on any atom is -0.166 e. The van der Waals surface area contributed by atoms with Crippen LogP contribution in [0, 0.1) is 20.8 Å². The second kappa shape index (κ2) is 7.43. The monoisotopic (exact) mass is 366 g/mol. The minimum atomic E-state index is -4.27. The molecule has 0 aliphatic rings. The Hall–Kier alpha value is -2.81. The van der Waals surface area contributed by atoms with Gasteiger partial charge in [-0.05, 0) is 65.1 Å². The molecular weight excluding hydrogens is 345 g/mol.